The molecule has 0 aromatic heterocycles. The van der Waals surface area contributed by atoms with Crippen molar-refractivity contribution in [1.29, 1.82) is 0 Å². The van der Waals surface area contributed by atoms with Crippen LogP contribution in [0.1, 0.15) is 15.9 Å². The van der Waals surface area contributed by atoms with Crippen LogP contribution in [-0.2, 0) is 11.2 Å². The van der Waals surface area contributed by atoms with Gasteiger partial charge in [-0.2, -0.15) is 0 Å². The summed E-state index contributed by atoms with van der Waals surface area (Å²) in [5, 5.41) is 6.09. The van der Waals surface area contributed by atoms with Crippen LogP contribution in [0.4, 0.5) is 5.69 Å². The Morgan fingerprint density at radius 2 is 1.92 bits per heavy atom. The molecule has 2 aliphatic rings. The van der Waals surface area contributed by atoms with E-state index >= 15 is 0 Å². The van der Waals surface area contributed by atoms with E-state index < -0.39 is 0 Å². The van der Waals surface area contributed by atoms with Crippen molar-refractivity contribution in [1.82, 2.24) is 15.1 Å². The summed E-state index contributed by atoms with van der Waals surface area (Å²) >= 11 is 0. The molecule has 2 heterocycles. The standard InChI is InChI=1S/C18H24N4O2.2ClH/c1-2-6-20-17(23)13-21-8-10-22(11-9-21)18(24)15-3-4-16-14(12-15)5-7-19-16;;/h2-4,12,19H,1,5-11,13H2,(H,20,23);2*1H. The quantitative estimate of drug-likeness (QED) is 0.736. The van der Waals surface area contributed by atoms with E-state index in [0.717, 1.165) is 37.3 Å². The minimum atomic E-state index is 0. The second kappa shape index (κ2) is 10.4. The lowest BCUT2D eigenvalue weighted by molar-refractivity contribution is -0.122. The first kappa shape index (κ1) is 22.3. The largest absolute Gasteiger partial charge is 0.384 e. The maximum Gasteiger partial charge on any atom is 0.253 e. The topological polar surface area (TPSA) is 64.7 Å². The van der Waals surface area contributed by atoms with E-state index in [-0.39, 0.29) is 36.6 Å². The van der Waals surface area contributed by atoms with E-state index in [1.807, 2.05) is 23.1 Å². The maximum absolute atomic E-state index is 12.7. The lowest BCUT2D eigenvalue weighted by Gasteiger charge is -2.34. The van der Waals surface area contributed by atoms with Gasteiger partial charge in [0.15, 0.2) is 0 Å². The molecule has 2 aliphatic heterocycles. The van der Waals surface area contributed by atoms with Crippen LogP contribution in [0.5, 0.6) is 0 Å². The van der Waals surface area contributed by atoms with Crippen LogP contribution in [0.2, 0.25) is 0 Å². The minimum Gasteiger partial charge on any atom is -0.384 e. The number of piperazine rings is 1. The number of halogens is 2. The molecule has 0 spiro atoms. The number of rotatable bonds is 5. The van der Waals surface area contributed by atoms with E-state index in [1.54, 1.807) is 6.08 Å². The van der Waals surface area contributed by atoms with Crippen LogP contribution < -0.4 is 10.6 Å². The number of hydrogen-bond donors (Lipinski definition) is 2. The zero-order valence-electron chi connectivity index (χ0n) is 14.7. The predicted molar refractivity (Wildman–Crippen MR) is 109 cm³/mol. The highest BCUT2D eigenvalue weighted by Crippen LogP contribution is 2.23. The molecule has 1 aromatic rings. The molecule has 6 nitrogen and oxygen atoms in total. The van der Waals surface area contributed by atoms with Crippen molar-refractivity contribution in [3.05, 3.63) is 42.0 Å². The minimum absolute atomic E-state index is 0. The summed E-state index contributed by atoms with van der Waals surface area (Å²) in [5.74, 6) is 0.0845. The van der Waals surface area contributed by atoms with Crippen molar-refractivity contribution in [3.63, 3.8) is 0 Å². The van der Waals surface area contributed by atoms with Crippen LogP contribution in [-0.4, -0.2) is 67.4 Å². The third-order valence-corrected chi connectivity index (χ3v) is 4.53. The summed E-state index contributed by atoms with van der Waals surface area (Å²) in [4.78, 5) is 28.4. The number of fused-ring (bicyclic) bond motifs is 1. The number of nitrogens with one attached hydrogen (secondary N) is 2. The molecule has 0 saturated carbocycles. The van der Waals surface area contributed by atoms with E-state index in [2.05, 4.69) is 22.1 Å². The molecule has 1 saturated heterocycles. The SMILES string of the molecule is C=CCNC(=O)CN1CCN(C(=O)c2ccc3c(c2)CCN3)CC1.Cl.Cl. The summed E-state index contributed by atoms with van der Waals surface area (Å²) in [6.07, 6.45) is 2.64. The molecule has 0 bridgehead atoms. The van der Waals surface area contributed by atoms with Gasteiger partial charge in [0.05, 0.1) is 6.54 Å². The highest BCUT2D eigenvalue weighted by molar-refractivity contribution is 5.95. The Hall–Kier alpha value is -1.76. The van der Waals surface area contributed by atoms with E-state index in [4.69, 9.17) is 0 Å². The Kier molecular flexibility index (Phi) is 8.92. The van der Waals surface area contributed by atoms with Crippen molar-refractivity contribution in [2.75, 3.05) is 51.1 Å². The molecule has 0 atom stereocenters. The van der Waals surface area contributed by atoms with Gasteiger partial charge >= 0.3 is 0 Å². The maximum atomic E-state index is 12.7. The molecular weight excluding hydrogens is 375 g/mol. The molecule has 0 aliphatic carbocycles. The van der Waals surface area contributed by atoms with Gasteiger partial charge in [-0.1, -0.05) is 6.08 Å². The van der Waals surface area contributed by atoms with Gasteiger partial charge in [-0.05, 0) is 30.2 Å². The number of hydrogen-bond acceptors (Lipinski definition) is 4. The van der Waals surface area contributed by atoms with Gasteiger partial charge in [0.2, 0.25) is 5.91 Å². The average molecular weight is 401 g/mol. The zero-order chi connectivity index (χ0) is 16.9. The predicted octanol–water partition coefficient (Wildman–Crippen LogP) is 1.56. The van der Waals surface area contributed by atoms with Gasteiger partial charge in [-0.15, -0.1) is 31.4 Å². The molecule has 8 heteroatoms. The fraction of sp³-hybridized carbons (Fsp3) is 0.444. The lowest BCUT2D eigenvalue weighted by Crippen LogP contribution is -2.51. The van der Waals surface area contributed by atoms with Gasteiger partial charge < -0.3 is 15.5 Å². The summed E-state index contributed by atoms with van der Waals surface area (Å²) in [5.41, 5.74) is 3.12. The summed E-state index contributed by atoms with van der Waals surface area (Å²) < 4.78 is 0. The van der Waals surface area contributed by atoms with Crippen LogP contribution in [0.15, 0.2) is 30.9 Å². The molecule has 1 aromatic carbocycles. The van der Waals surface area contributed by atoms with Crippen LogP contribution in [0.25, 0.3) is 0 Å². The summed E-state index contributed by atoms with van der Waals surface area (Å²) in [6.45, 7) is 8.15. The summed E-state index contributed by atoms with van der Waals surface area (Å²) in [6, 6.07) is 5.90. The molecule has 3 rings (SSSR count). The third-order valence-electron chi connectivity index (χ3n) is 4.53. The van der Waals surface area contributed by atoms with Gasteiger partial charge in [0.25, 0.3) is 5.91 Å². The molecule has 2 N–H and O–H groups in total. The average Bonchev–Trinajstić information content (AvgIpc) is 3.07. The lowest BCUT2D eigenvalue weighted by atomic mass is 10.1. The first-order valence-corrected chi connectivity index (χ1v) is 8.43. The molecule has 144 valence electrons. The van der Waals surface area contributed by atoms with E-state index in [9.17, 15) is 9.59 Å². The molecule has 2 amide bonds. The Morgan fingerprint density at radius 1 is 1.19 bits per heavy atom. The fourth-order valence-electron chi connectivity index (χ4n) is 3.17. The molecule has 1 fully saturated rings. The number of carbonyl (C=O) groups is 2. The Morgan fingerprint density at radius 3 is 2.62 bits per heavy atom. The van der Waals surface area contributed by atoms with Crippen molar-refractivity contribution in [2.24, 2.45) is 0 Å². The molecular formula is C18H26Cl2N4O2. The highest BCUT2D eigenvalue weighted by Gasteiger charge is 2.24. The second-order valence-corrected chi connectivity index (χ2v) is 6.21. The smallest absolute Gasteiger partial charge is 0.253 e. The van der Waals surface area contributed by atoms with Crippen LogP contribution >= 0.6 is 24.8 Å². The molecule has 0 unspecified atom stereocenters. The van der Waals surface area contributed by atoms with Gasteiger partial charge in [0.1, 0.15) is 0 Å². The van der Waals surface area contributed by atoms with Crippen LogP contribution in [0, 0.1) is 0 Å². The summed E-state index contributed by atoms with van der Waals surface area (Å²) in [7, 11) is 0. The third kappa shape index (κ3) is 5.37. The van der Waals surface area contributed by atoms with Gasteiger partial charge in [-0.25, -0.2) is 0 Å². The molecule has 26 heavy (non-hydrogen) atoms. The van der Waals surface area contributed by atoms with Crippen molar-refractivity contribution in [2.45, 2.75) is 6.42 Å². The molecule has 0 radical (unpaired) electrons. The van der Waals surface area contributed by atoms with Crippen molar-refractivity contribution >= 4 is 42.3 Å². The van der Waals surface area contributed by atoms with E-state index in [1.165, 1.54) is 5.56 Å². The monoisotopic (exact) mass is 400 g/mol. The first-order valence-electron chi connectivity index (χ1n) is 8.43. The number of nitrogens with zero attached hydrogens (tertiary/aromatic N) is 2. The second-order valence-electron chi connectivity index (χ2n) is 6.21. The number of anilines is 1. The van der Waals surface area contributed by atoms with Gasteiger partial charge in [0, 0.05) is 50.5 Å². The number of amides is 2. The Labute approximate surface area is 166 Å². The van der Waals surface area contributed by atoms with Crippen LogP contribution in [0.3, 0.4) is 0 Å². The number of benzene rings is 1. The van der Waals surface area contributed by atoms with Gasteiger partial charge in [-0.3, -0.25) is 14.5 Å². The van der Waals surface area contributed by atoms with Crippen molar-refractivity contribution < 1.29 is 9.59 Å². The highest BCUT2D eigenvalue weighted by atomic mass is 35.5. The van der Waals surface area contributed by atoms with E-state index in [0.29, 0.717) is 26.2 Å². The fourth-order valence-corrected chi connectivity index (χ4v) is 3.17. The zero-order valence-corrected chi connectivity index (χ0v) is 16.3. The first-order chi connectivity index (χ1) is 11.7. The van der Waals surface area contributed by atoms with Crippen molar-refractivity contribution in [3.8, 4) is 0 Å². The normalized spacial score (nSPS) is 15.8. The Bertz CT molecular complexity index is 646. The number of carbonyl (C=O) groups excluding carboxylic acids is 2. The Balaban J connectivity index is 0.00000169.